The summed E-state index contributed by atoms with van der Waals surface area (Å²) in [6.07, 6.45) is 13.7. The van der Waals surface area contributed by atoms with Crippen LogP contribution in [0.1, 0.15) is 44.9 Å². The molecular formula is C16H23N5O. The Bertz CT molecular complexity index is 561. The Morgan fingerprint density at radius 3 is 2.73 bits per heavy atom. The van der Waals surface area contributed by atoms with Crippen LogP contribution < -0.4 is 5.32 Å². The smallest absolute Gasteiger partial charge is 0.248 e. The molecule has 0 aromatic carbocycles. The molecule has 1 aromatic heterocycles. The van der Waals surface area contributed by atoms with Crippen molar-refractivity contribution in [3.63, 3.8) is 0 Å². The Hall–Kier alpha value is -1.72. The summed E-state index contributed by atoms with van der Waals surface area (Å²) in [4.78, 5) is 12.9. The Kier molecular flexibility index (Phi) is 3.47. The molecule has 0 aliphatic heterocycles. The predicted molar refractivity (Wildman–Crippen MR) is 80.7 cm³/mol. The number of nitrogens with one attached hydrogen (secondary N) is 1. The summed E-state index contributed by atoms with van der Waals surface area (Å²) in [7, 11) is 0. The van der Waals surface area contributed by atoms with Gasteiger partial charge in [0.15, 0.2) is 0 Å². The molecule has 6 nitrogen and oxygen atoms in total. The third-order valence-electron chi connectivity index (χ3n) is 5.83. The van der Waals surface area contributed by atoms with Gasteiger partial charge in [-0.15, -0.1) is 5.10 Å². The van der Waals surface area contributed by atoms with E-state index in [1.54, 1.807) is 11.0 Å². The molecule has 2 saturated carbocycles. The fourth-order valence-corrected chi connectivity index (χ4v) is 4.57. The molecule has 4 rings (SSSR count). The molecule has 1 heterocycles. The molecule has 0 radical (unpaired) electrons. The third-order valence-corrected chi connectivity index (χ3v) is 5.83. The molecule has 22 heavy (non-hydrogen) atoms. The maximum absolute atomic E-state index is 12.9. The standard InChI is InChI=1S/C16H23N5O/c22-15(17-10-14-9-12-4-5-13(14)8-12)16(6-2-1-3-7-16)21-11-18-19-20-21/h4-5,11-14H,1-3,6-10H2,(H,17,22)/t12-,13-,14+/m0/s1. The number of fused-ring (bicyclic) bond motifs is 2. The SMILES string of the molecule is O=C(NC[C@H]1C[C@H]2C=C[C@H]1C2)C1(n2cnnn2)CCCCC1. The zero-order valence-electron chi connectivity index (χ0n) is 12.8. The van der Waals surface area contributed by atoms with Crippen molar-refractivity contribution >= 4 is 5.91 Å². The van der Waals surface area contributed by atoms with E-state index >= 15 is 0 Å². The van der Waals surface area contributed by atoms with Crippen molar-refractivity contribution in [2.75, 3.05) is 6.54 Å². The number of hydrogen-bond acceptors (Lipinski definition) is 4. The van der Waals surface area contributed by atoms with Gasteiger partial charge in [-0.05, 0) is 53.9 Å². The summed E-state index contributed by atoms with van der Waals surface area (Å²) in [6.45, 7) is 0.786. The molecule has 2 fully saturated rings. The largest absolute Gasteiger partial charge is 0.354 e. The monoisotopic (exact) mass is 301 g/mol. The minimum absolute atomic E-state index is 0.103. The molecule has 0 saturated heterocycles. The van der Waals surface area contributed by atoms with Crippen molar-refractivity contribution in [3.05, 3.63) is 18.5 Å². The van der Waals surface area contributed by atoms with Crippen molar-refractivity contribution in [2.45, 2.75) is 50.5 Å². The van der Waals surface area contributed by atoms with Crippen LogP contribution in [0.15, 0.2) is 18.5 Å². The summed E-state index contributed by atoms with van der Waals surface area (Å²) < 4.78 is 1.68. The van der Waals surface area contributed by atoms with Crippen LogP contribution in [0.2, 0.25) is 0 Å². The summed E-state index contributed by atoms with van der Waals surface area (Å²) in [6, 6.07) is 0. The number of rotatable bonds is 4. The number of carbonyl (C=O) groups is 1. The summed E-state index contributed by atoms with van der Waals surface area (Å²) in [5, 5.41) is 14.7. The Labute approximate surface area is 130 Å². The van der Waals surface area contributed by atoms with Crippen molar-refractivity contribution in [1.82, 2.24) is 25.5 Å². The van der Waals surface area contributed by atoms with Crippen LogP contribution in [0.5, 0.6) is 0 Å². The lowest BCUT2D eigenvalue weighted by Gasteiger charge is -2.35. The highest BCUT2D eigenvalue weighted by Crippen LogP contribution is 2.43. The first kappa shape index (κ1) is 13.9. The van der Waals surface area contributed by atoms with Gasteiger partial charge < -0.3 is 5.32 Å². The average molecular weight is 301 g/mol. The van der Waals surface area contributed by atoms with E-state index in [0.29, 0.717) is 11.8 Å². The van der Waals surface area contributed by atoms with E-state index in [-0.39, 0.29) is 5.91 Å². The van der Waals surface area contributed by atoms with Gasteiger partial charge in [0.2, 0.25) is 5.91 Å². The summed E-state index contributed by atoms with van der Waals surface area (Å²) >= 11 is 0. The molecule has 0 spiro atoms. The van der Waals surface area contributed by atoms with E-state index in [1.807, 2.05) is 0 Å². The van der Waals surface area contributed by atoms with Gasteiger partial charge in [-0.25, -0.2) is 4.68 Å². The molecule has 0 unspecified atom stereocenters. The van der Waals surface area contributed by atoms with Crippen LogP contribution in [0.3, 0.4) is 0 Å². The van der Waals surface area contributed by atoms with Gasteiger partial charge in [0.05, 0.1) is 0 Å². The number of hydrogen-bond donors (Lipinski definition) is 1. The number of allylic oxidation sites excluding steroid dienone is 2. The molecule has 2 bridgehead atoms. The van der Waals surface area contributed by atoms with Crippen LogP contribution in [0.25, 0.3) is 0 Å². The molecule has 1 N–H and O–H groups in total. The number of amides is 1. The average Bonchev–Trinajstić information content (AvgIpc) is 3.30. The normalized spacial score (nSPS) is 32.3. The van der Waals surface area contributed by atoms with Gasteiger partial charge in [0.1, 0.15) is 11.9 Å². The van der Waals surface area contributed by atoms with Gasteiger partial charge in [-0.3, -0.25) is 4.79 Å². The predicted octanol–water partition coefficient (Wildman–Crippen LogP) is 1.66. The Morgan fingerprint density at radius 1 is 1.23 bits per heavy atom. The second-order valence-corrected chi connectivity index (χ2v) is 7.10. The molecule has 1 amide bonds. The molecule has 6 heteroatoms. The maximum Gasteiger partial charge on any atom is 0.248 e. The van der Waals surface area contributed by atoms with E-state index in [4.69, 9.17) is 0 Å². The highest BCUT2D eigenvalue weighted by atomic mass is 16.2. The van der Waals surface area contributed by atoms with Crippen LogP contribution in [-0.2, 0) is 10.3 Å². The van der Waals surface area contributed by atoms with E-state index < -0.39 is 5.54 Å². The third kappa shape index (κ3) is 2.25. The zero-order chi connectivity index (χ0) is 15.0. The topological polar surface area (TPSA) is 72.7 Å². The zero-order valence-corrected chi connectivity index (χ0v) is 12.8. The summed E-state index contributed by atoms with van der Waals surface area (Å²) in [5.74, 6) is 2.12. The number of nitrogens with zero attached hydrogens (tertiary/aromatic N) is 4. The first-order chi connectivity index (χ1) is 10.8. The molecule has 3 aliphatic carbocycles. The lowest BCUT2D eigenvalue weighted by Crippen LogP contribution is -2.51. The van der Waals surface area contributed by atoms with Gasteiger partial charge >= 0.3 is 0 Å². The molecule has 3 aliphatic rings. The van der Waals surface area contributed by atoms with Gasteiger partial charge in [0.25, 0.3) is 0 Å². The highest BCUT2D eigenvalue weighted by molar-refractivity contribution is 5.84. The molecular weight excluding hydrogens is 278 g/mol. The molecule has 1 aromatic rings. The van der Waals surface area contributed by atoms with Crippen molar-refractivity contribution in [3.8, 4) is 0 Å². The first-order valence-corrected chi connectivity index (χ1v) is 8.48. The summed E-state index contributed by atoms with van der Waals surface area (Å²) in [5.41, 5.74) is -0.574. The quantitative estimate of drug-likeness (QED) is 0.859. The number of aromatic nitrogens is 4. The van der Waals surface area contributed by atoms with Gasteiger partial charge in [-0.2, -0.15) is 0 Å². The lowest BCUT2D eigenvalue weighted by molar-refractivity contribution is -0.132. The first-order valence-electron chi connectivity index (χ1n) is 8.48. The van der Waals surface area contributed by atoms with Gasteiger partial charge in [-0.1, -0.05) is 31.4 Å². The molecule has 3 atom stereocenters. The molecule has 118 valence electrons. The van der Waals surface area contributed by atoms with Gasteiger partial charge in [0, 0.05) is 6.54 Å². The van der Waals surface area contributed by atoms with Crippen molar-refractivity contribution in [2.24, 2.45) is 17.8 Å². The maximum atomic E-state index is 12.9. The Morgan fingerprint density at radius 2 is 2.09 bits per heavy atom. The van der Waals surface area contributed by atoms with E-state index in [0.717, 1.165) is 38.1 Å². The highest BCUT2D eigenvalue weighted by Gasteiger charge is 2.43. The second kappa shape index (κ2) is 5.48. The minimum Gasteiger partial charge on any atom is -0.354 e. The lowest BCUT2D eigenvalue weighted by atomic mass is 9.80. The van der Waals surface area contributed by atoms with Crippen molar-refractivity contribution in [1.29, 1.82) is 0 Å². The van der Waals surface area contributed by atoms with Crippen LogP contribution in [0, 0.1) is 17.8 Å². The minimum atomic E-state index is -0.574. The number of carbonyl (C=O) groups excluding carboxylic acids is 1. The second-order valence-electron chi connectivity index (χ2n) is 7.10. The van der Waals surface area contributed by atoms with E-state index in [9.17, 15) is 4.79 Å². The van der Waals surface area contributed by atoms with Crippen LogP contribution in [0.4, 0.5) is 0 Å². The van der Waals surface area contributed by atoms with E-state index in [1.165, 1.54) is 19.3 Å². The van der Waals surface area contributed by atoms with E-state index in [2.05, 4.69) is 33.0 Å². The Balaban J connectivity index is 1.46. The fourth-order valence-electron chi connectivity index (χ4n) is 4.57. The number of tetrazole rings is 1. The van der Waals surface area contributed by atoms with Crippen molar-refractivity contribution < 1.29 is 4.79 Å². The fraction of sp³-hybridized carbons (Fsp3) is 0.750. The van der Waals surface area contributed by atoms with Crippen LogP contribution in [-0.4, -0.2) is 32.7 Å². The van der Waals surface area contributed by atoms with Crippen LogP contribution >= 0.6 is 0 Å².